The first-order valence-corrected chi connectivity index (χ1v) is 12.7. The lowest BCUT2D eigenvalue weighted by atomic mass is 9.48. The number of fused-ring (bicyclic) bond motifs is 6. The zero-order valence-corrected chi connectivity index (χ0v) is 20.3. The maximum atomic E-state index is 12.3. The van der Waals surface area contributed by atoms with Crippen molar-refractivity contribution in [2.45, 2.75) is 71.8 Å². The molecule has 4 aliphatic rings. The first kappa shape index (κ1) is 21.8. The highest BCUT2D eigenvalue weighted by molar-refractivity contribution is 5.87. The number of carbonyl (C=O) groups is 2. The summed E-state index contributed by atoms with van der Waals surface area (Å²) < 4.78 is 5.58. The summed E-state index contributed by atoms with van der Waals surface area (Å²) in [6.45, 7) is 6.29. The standard InChI is InChI=1S/C28H33N3O3/c1-17(33)34-20-10-12-27(2)19(15-20)8-9-21-22(27)11-13-28(3)23(21)14-18(16-32)26(28)31-29-24-6-4-5-7-25(24)30-31/h4-8,16,20-23H,9-15H2,1-3H3/t20-,21+,22-,23-,27-,28-/m0/s1. The molecule has 0 spiro atoms. The second-order valence-electron chi connectivity index (χ2n) is 11.4. The van der Waals surface area contributed by atoms with Gasteiger partial charge in [-0.2, -0.15) is 4.80 Å². The summed E-state index contributed by atoms with van der Waals surface area (Å²) in [6.07, 6.45) is 10.4. The largest absolute Gasteiger partial charge is 0.462 e. The average molecular weight is 460 g/mol. The normalized spacial score (nSPS) is 37.0. The van der Waals surface area contributed by atoms with Gasteiger partial charge in [0.15, 0.2) is 0 Å². The van der Waals surface area contributed by atoms with E-state index < -0.39 is 0 Å². The highest BCUT2D eigenvalue weighted by Gasteiger charge is 2.59. The lowest BCUT2D eigenvalue weighted by Gasteiger charge is -2.57. The maximum absolute atomic E-state index is 12.3. The highest BCUT2D eigenvalue weighted by atomic mass is 16.5. The summed E-state index contributed by atoms with van der Waals surface area (Å²) in [5.41, 5.74) is 5.14. The second kappa shape index (κ2) is 7.62. The van der Waals surface area contributed by atoms with Gasteiger partial charge in [0, 0.05) is 24.3 Å². The molecule has 178 valence electrons. The van der Waals surface area contributed by atoms with Crippen LogP contribution < -0.4 is 0 Å². The summed E-state index contributed by atoms with van der Waals surface area (Å²) >= 11 is 0. The van der Waals surface area contributed by atoms with Crippen molar-refractivity contribution in [3.63, 3.8) is 0 Å². The third kappa shape index (κ3) is 3.06. The number of benzene rings is 1. The molecule has 2 aromatic rings. The molecule has 2 saturated carbocycles. The van der Waals surface area contributed by atoms with Crippen LogP contribution in [0.2, 0.25) is 0 Å². The van der Waals surface area contributed by atoms with Gasteiger partial charge in [-0.3, -0.25) is 9.59 Å². The monoisotopic (exact) mass is 459 g/mol. The van der Waals surface area contributed by atoms with Crippen LogP contribution in [0.4, 0.5) is 0 Å². The zero-order valence-electron chi connectivity index (χ0n) is 20.3. The molecule has 0 saturated heterocycles. The van der Waals surface area contributed by atoms with E-state index in [2.05, 4.69) is 19.9 Å². The van der Waals surface area contributed by atoms with Crippen molar-refractivity contribution in [3.8, 4) is 0 Å². The molecule has 0 N–H and O–H groups in total. The van der Waals surface area contributed by atoms with Gasteiger partial charge in [0.2, 0.25) is 0 Å². The number of esters is 1. The average Bonchev–Trinajstić information content (AvgIpc) is 3.36. The molecule has 0 aliphatic heterocycles. The number of nitrogens with zero attached hydrogens (tertiary/aromatic N) is 3. The van der Waals surface area contributed by atoms with Crippen molar-refractivity contribution in [1.29, 1.82) is 0 Å². The van der Waals surface area contributed by atoms with Crippen LogP contribution in [-0.2, 0) is 14.3 Å². The van der Waals surface area contributed by atoms with E-state index in [1.54, 1.807) is 4.80 Å². The molecule has 1 aromatic heterocycles. The van der Waals surface area contributed by atoms with E-state index in [9.17, 15) is 9.59 Å². The summed E-state index contributed by atoms with van der Waals surface area (Å²) in [6, 6.07) is 7.91. The quantitative estimate of drug-likeness (QED) is 0.352. The molecule has 0 unspecified atom stereocenters. The van der Waals surface area contributed by atoms with E-state index in [0.29, 0.717) is 17.8 Å². The van der Waals surface area contributed by atoms with Crippen molar-refractivity contribution >= 4 is 29.0 Å². The number of ether oxygens (including phenoxy) is 1. The van der Waals surface area contributed by atoms with Crippen molar-refractivity contribution in [2.24, 2.45) is 28.6 Å². The minimum absolute atomic E-state index is 0.0173. The number of rotatable bonds is 3. The molecule has 6 atom stereocenters. The second-order valence-corrected chi connectivity index (χ2v) is 11.4. The van der Waals surface area contributed by atoms with Crippen LogP contribution in [0, 0.1) is 28.6 Å². The Labute approximate surface area is 200 Å². The van der Waals surface area contributed by atoms with Gasteiger partial charge in [-0.25, -0.2) is 0 Å². The predicted octanol–water partition coefficient (Wildman–Crippen LogP) is 5.35. The summed E-state index contributed by atoms with van der Waals surface area (Å²) in [5.74, 6) is 1.37. The van der Waals surface area contributed by atoms with E-state index in [1.807, 2.05) is 24.3 Å². The molecular weight excluding hydrogens is 426 g/mol. The fourth-order valence-corrected chi connectivity index (χ4v) is 8.07. The van der Waals surface area contributed by atoms with Gasteiger partial charge in [-0.05, 0) is 73.8 Å². The van der Waals surface area contributed by atoms with E-state index in [0.717, 1.165) is 73.5 Å². The summed E-state index contributed by atoms with van der Waals surface area (Å²) in [5, 5.41) is 9.56. The molecular formula is C28H33N3O3. The van der Waals surface area contributed by atoms with Crippen molar-refractivity contribution in [1.82, 2.24) is 15.0 Å². The number of carbonyl (C=O) groups excluding carboxylic acids is 2. The van der Waals surface area contributed by atoms with Gasteiger partial charge in [0.25, 0.3) is 0 Å². The van der Waals surface area contributed by atoms with Crippen LogP contribution >= 0.6 is 0 Å². The third-order valence-electron chi connectivity index (χ3n) is 9.69. The zero-order chi connectivity index (χ0) is 23.7. The Morgan fingerprint density at radius 1 is 1.06 bits per heavy atom. The van der Waals surface area contributed by atoms with E-state index in [4.69, 9.17) is 14.9 Å². The van der Waals surface area contributed by atoms with Crippen molar-refractivity contribution in [2.75, 3.05) is 0 Å². The van der Waals surface area contributed by atoms with E-state index in [1.165, 1.54) is 12.5 Å². The Balaban J connectivity index is 1.34. The molecule has 0 bridgehead atoms. The number of hydrogen-bond acceptors (Lipinski definition) is 5. The van der Waals surface area contributed by atoms with Crippen molar-refractivity contribution < 1.29 is 14.3 Å². The highest BCUT2D eigenvalue weighted by Crippen LogP contribution is 2.66. The fraction of sp³-hybridized carbons (Fsp3) is 0.571. The first-order chi connectivity index (χ1) is 16.3. The van der Waals surface area contributed by atoms with Crippen LogP contribution in [0.15, 0.2) is 41.5 Å². The van der Waals surface area contributed by atoms with Crippen LogP contribution in [0.1, 0.15) is 65.7 Å². The molecule has 1 heterocycles. The van der Waals surface area contributed by atoms with Crippen LogP contribution in [-0.4, -0.2) is 33.4 Å². The Morgan fingerprint density at radius 2 is 1.76 bits per heavy atom. The molecule has 0 radical (unpaired) electrons. The Kier molecular flexibility index (Phi) is 4.88. The predicted molar refractivity (Wildman–Crippen MR) is 129 cm³/mol. The SMILES string of the molecule is CC(=O)O[C@H]1CC[C@@]2(C)C(=CC[C@@H]3[C@@H]2CC[C@]2(C)C(n4nc5ccccc5n4)=C(C=O)C[C@@H]32)C1. The molecule has 6 nitrogen and oxygen atoms in total. The van der Waals surface area contributed by atoms with Gasteiger partial charge >= 0.3 is 5.97 Å². The maximum Gasteiger partial charge on any atom is 0.302 e. The molecule has 0 amide bonds. The lowest BCUT2D eigenvalue weighted by molar-refractivity contribution is -0.148. The van der Waals surface area contributed by atoms with Crippen molar-refractivity contribution in [3.05, 3.63) is 41.5 Å². The molecule has 6 rings (SSSR count). The molecule has 6 heteroatoms. The van der Waals surface area contributed by atoms with Crippen LogP contribution in [0.5, 0.6) is 0 Å². The number of aromatic nitrogens is 3. The Hall–Kier alpha value is -2.76. The molecule has 1 aromatic carbocycles. The molecule has 4 aliphatic carbocycles. The van der Waals surface area contributed by atoms with E-state index >= 15 is 0 Å². The van der Waals surface area contributed by atoms with Gasteiger partial charge in [0.05, 0.1) is 5.70 Å². The number of aldehydes is 1. The summed E-state index contributed by atoms with van der Waals surface area (Å²) in [7, 11) is 0. The first-order valence-electron chi connectivity index (χ1n) is 12.7. The fourth-order valence-electron chi connectivity index (χ4n) is 8.07. The minimum atomic E-state index is -0.179. The topological polar surface area (TPSA) is 74.1 Å². The van der Waals surface area contributed by atoms with Gasteiger partial charge in [-0.15, -0.1) is 10.2 Å². The van der Waals surface area contributed by atoms with Gasteiger partial charge in [0.1, 0.15) is 23.4 Å². The van der Waals surface area contributed by atoms with Crippen LogP contribution in [0.25, 0.3) is 16.7 Å². The Morgan fingerprint density at radius 3 is 2.44 bits per heavy atom. The molecule has 34 heavy (non-hydrogen) atoms. The summed E-state index contributed by atoms with van der Waals surface area (Å²) in [4.78, 5) is 25.6. The van der Waals surface area contributed by atoms with Gasteiger partial charge in [-0.1, -0.05) is 37.6 Å². The van der Waals surface area contributed by atoms with Crippen LogP contribution in [0.3, 0.4) is 0 Å². The minimum Gasteiger partial charge on any atom is -0.462 e. The number of allylic oxidation sites excluding steroid dienone is 3. The third-order valence-corrected chi connectivity index (χ3v) is 9.69. The number of hydrogen-bond donors (Lipinski definition) is 0. The Bertz CT molecular complexity index is 1210. The lowest BCUT2D eigenvalue weighted by Crippen LogP contribution is -2.50. The molecule has 2 fully saturated rings. The smallest absolute Gasteiger partial charge is 0.302 e. The van der Waals surface area contributed by atoms with Gasteiger partial charge < -0.3 is 4.74 Å². The van der Waals surface area contributed by atoms with E-state index in [-0.39, 0.29) is 22.9 Å².